The molecule has 4 aliphatic rings. The normalized spacial score (nSPS) is 43.3. The first-order valence-electron chi connectivity index (χ1n) is 7.75. The predicted molar refractivity (Wildman–Crippen MR) is 78.4 cm³/mol. The third-order valence-corrected chi connectivity index (χ3v) is 5.96. The fourth-order valence-corrected chi connectivity index (χ4v) is 5.28. The van der Waals surface area contributed by atoms with Crippen LogP contribution < -0.4 is 5.32 Å². The molecule has 4 aliphatic carbocycles. The largest absolute Gasteiger partial charge is 0.442 e. The number of rotatable bonds is 4. The number of carbonyl (C=O) groups is 1. The summed E-state index contributed by atoms with van der Waals surface area (Å²) in [6, 6.07) is 0. The van der Waals surface area contributed by atoms with Gasteiger partial charge in [0.2, 0.25) is 0 Å². The second kappa shape index (κ2) is 5.19. The molecule has 4 bridgehead atoms. The lowest BCUT2D eigenvalue weighted by atomic mass is 9.49. The summed E-state index contributed by atoms with van der Waals surface area (Å²) in [5.74, 6) is 3.69. The van der Waals surface area contributed by atoms with Crippen LogP contribution in [0.25, 0.3) is 0 Å². The van der Waals surface area contributed by atoms with Gasteiger partial charge < -0.3 is 10.1 Å². The number of carbonyl (C=O) groups excluding carboxylic acids is 1. The maximum absolute atomic E-state index is 12.0. The summed E-state index contributed by atoms with van der Waals surface area (Å²) < 4.78 is 5.98. The van der Waals surface area contributed by atoms with Crippen molar-refractivity contribution in [2.24, 2.45) is 23.7 Å². The Morgan fingerprint density at radius 2 is 1.79 bits per heavy atom. The minimum Gasteiger partial charge on any atom is -0.442 e. The van der Waals surface area contributed by atoms with Crippen molar-refractivity contribution >= 4 is 18.7 Å². The first-order valence-corrected chi connectivity index (χ1v) is 8.39. The van der Waals surface area contributed by atoms with E-state index in [4.69, 9.17) is 4.74 Å². The Bertz CT molecular complexity index is 330. The zero-order valence-corrected chi connectivity index (χ0v) is 12.6. The second-order valence-electron chi connectivity index (χ2n) is 6.65. The first kappa shape index (κ1) is 13.6. The fraction of sp³-hybridized carbons (Fsp3) is 0.933. The number of nitrogens with one attached hydrogen (secondary N) is 1. The van der Waals surface area contributed by atoms with Crippen LogP contribution in [0.5, 0.6) is 0 Å². The van der Waals surface area contributed by atoms with E-state index in [-0.39, 0.29) is 11.7 Å². The summed E-state index contributed by atoms with van der Waals surface area (Å²) in [6.45, 7) is 2.77. The molecule has 4 rings (SSSR count). The van der Waals surface area contributed by atoms with Crippen LogP contribution in [-0.4, -0.2) is 24.0 Å². The number of hydrogen-bond acceptors (Lipinski definition) is 3. The molecule has 0 atom stereocenters. The number of thiol groups is 1. The highest BCUT2D eigenvalue weighted by atomic mass is 32.1. The van der Waals surface area contributed by atoms with Crippen molar-refractivity contribution in [2.45, 2.75) is 51.0 Å². The SMILES string of the molecule is CCC1(OC(=O)NCCS)C2CC3CC(C2)CC1C3. The molecule has 1 amide bonds. The van der Waals surface area contributed by atoms with Crippen LogP contribution in [0.3, 0.4) is 0 Å². The summed E-state index contributed by atoms with van der Waals surface area (Å²) in [5.41, 5.74) is -0.173. The molecule has 19 heavy (non-hydrogen) atoms. The van der Waals surface area contributed by atoms with Crippen molar-refractivity contribution in [3.8, 4) is 0 Å². The van der Waals surface area contributed by atoms with E-state index in [0.717, 1.165) is 18.3 Å². The van der Waals surface area contributed by atoms with Gasteiger partial charge in [-0.25, -0.2) is 4.79 Å². The Kier molecular flexibility index (Phi) is 3.71. The molecule has 4 fully saturated rings. The van der Waals surface area contributed by atoms with Crippen molar-refractivity contribution in [3.63, 3.8) is 0 Å². The van der Waals surface area contributed by atoms with Crippen LogP contribution in [-0.2, 0) is 4.74 Å². The van der Waals surface area contributed by atoms with Gasteiger partial charge in [0.25, 0.3) is 0 Å². The van der Waals surface area contributed by atoms with E-state index in [9.17, 15) is 4.79 Å². The molecular weight excluding hydrogens is 258 g/mol. The zero-order chi connectivity index (χ0) is 13.5. The number of alkyl carbamates (subject to hydrolysis) is 1. The van der Waals surface area contributed by atoms with E-state index in [1.54, 1.807) is 0 Å². The van der Waals surface area contributed by atoms with Gasteiger partial charge in [0, 0.05) is 12.3 Å². The summed E-state index contributed by atoms with van der Waals surface area (Å²) in [7, 11) is 0. The molecule has 3 nitrogen and oxygen atoms in total. The molecule has 0 heterocycles. The van der Waals surface area contributed by atoms with Crippen LogP contribution in [0.2, 0.25) is 0 Å². The molecule has 0 saturated heterocycles. The van der Waals surface area contributed by atoms with E-state index in [0.29, 0.717) is 24.1 Å². The van der Waals surface area contributed by atoms with Crippen LogP contribution in [0.1, 0.15) is 45.4 Å². The van der Waals surface area contributed by atoms with E-state index < -0.39 is 0 Å². The Labute approximate surface area is 121 Å². The Morgan fingerprint density at radius 1 is 1.21 bits per heavy atom. The highest BCUT2D eigenvalue weighted by molar-refractivity contribution is 7.80. The molecule has 0 aliphatic heterocycles. The van der Waals surface area contributed by atoms with Crippen LogP contribution in [0.4, 0.5) is 4.79 Å². The zero-order valence-electron chi connectivity index (χ0n) is 11.7. The maximum Gasteiger partial charge on any atom is 0.407 e. The molecule has 0 aromatic heterocycles. The van der Waals surface area contributed by atoms with Gasteiger partial charge in [-0.15, -0.1) is 0 Å². The van der Waals surface area contributed by atoms with Gasteiger partial charge in [0.1, 0.15) is 5.60 Å². The second-order valence-corrected chi connectivity index (χ2v) is 7.10. The molecule has 108 valence electrons. The Balaban J connectivity index is 1.73. The standard InChI is InChI=1S/C15H25NO2S/c1-2-15(18-14(17)16-3-4-19)12-6-10-5-11(8-12)9-13(15)7-10/h10-13,19H,2-9H2,1H3,(H,16,17). The van der Waals surface area contributed by atoms with Gasteiger partial charge >= 0.3 is 6.09 Å². The van der Waals surface area contributed by atoms with Crippen LogP contribution >= 0.6 is 12.6 Å². The summed E-state index contributed by atoms with van der Waals surface area (Å²) in [5, 5.41) is 2.81. The summed E-state index contributed by atoms with van der Waals surface area (Å²) in [6.07, 6.45) is 7.28. The van der Waals surface area contributed by atoms with E-state index in [1.807, 2.05) is 0 Å². The lowest BCUT2D eigenvalue weighted by Crippen LogP contribution is -2.60. The maximum atomic E-state index is 12.0. The lowest BCUT2D eigenvalue weighted by molar-refractivity contribution is -0.174. The third kappa shape index (κ3) is 2.26. The summed E-state index contributed by atoms with van der Waals surface area (Å²) >= 11 is 4.12. The smallest absolute Gasteiger partial charge is 0.407 e. The van der Waals surface area contributed by atoms with Crippen LogP contribution in [0.15, 0.2) is 0 Å². The van der Waals surface area contributed by atoms with Crippen molar-refractivity contribution in [1.29, 1.82) is 0 Å². The predicted octanol–water partition coefficient (Wildman–Crippen LogP) is 3.25. The molecule has 4 heteroatoms. The van der Waals surface area contributed by atoms with Gasteiger partial charge in [-0.1, -0.05) is 6.92 Å². The van der Waals surface area contributed by atoms with E-state index in [1.165, 1.54) is 32.1 Å². The topological polar surface area (TPSA) is 38.3 Å². The van der Waals surface area contributed by atoms with Gasteiger partial charge in [-0.2, -0.15) is 12.6 Å². The molecule has 0 radical (unpaired) electrons. The summed E-state index contributed by atoms with van der Waals surface area (Å²) in [4.78, 5) is 12.0. The highest BCUT2D eigenvalue weighted by Crippen LogP contribution is 2.60. The first-order chi connectivity index (χ1) is 9.18. The van der Waals surface area contributed by atoms with E-state index in [2.05, 4.69) is 24.9 Å². The fourth-order valence-electron chi connectivity index (χ4n) is 5.16. The van der Waals surface area contributed by atoms with Crippen molar-refractivity contribution < 1.29 is 9.53 Å². The van der Waals surface area contributed by atoms with Gasteiger partial charge in [-0.05, 0) is 62.2 Å². The minimum atomic E-state index is -0.233. The molecule has 0 unspecified atom stereocenters. The average molecular weight is 283 g/mol. The Hall–Kier alpha value is -0.380. The molecule has 1 N–H and O–H groups in total. The number of ether oxygens (including phenoxy) is 1. The minimum absolute atomic E-state index is 0.173. The van der Waals surface area contributed by atoms with Gasteiger partial charge in [-0.3, -0.25) is 0 Å². The lowest BCUT2D eigenvalue weighted by Gasteiger charge is -2.60. The van der Waals surface area contributed by atoms with Crippen LogP contribution in [0, 0.1) is 23.7 Å². The average Bonchev–Trinajstić information content (AvgIpc) is 2.40. The van der Waals surface area contributed by atoms with Crippen molar-refractivity contribution in [2.75, 3.05) is 12.3 Å². The van der Waals surface area contributed by atoms with Gasteiger partial charge in [0.15, 0.2) is 0 Å². The molecule has 0 aromatic rings. The van der Waals surface area contributed by atoms with E-state index >= 15 is 0 Å². The van der Waals surface area contributed by atoms with Crippen molar-refractivity contribution in [3.05, 3.63) is 0 Å². The number of amides is 1. The highest BCUT2D eigenvalue weighted by Gasteiger charge is 2.58. The third-order valence-electron chi connectivity index (χ3n) is 5.74. The van der Waals surface area contributed by atoms with Crippen molar-refractivity contribution in [1.82, 2.24) is 5.32 Å². The molecule has 4 saturated carbocycles. The molecule has 0 aromatic carbocycles. The number of hydrogen-bond donors (Lipinski definition) is 2. The monoisotopic (exact) mass is 283 g/mol. The quantitative estimate of drug-likeness (QED) is 0.777. The van der Waals surface area contributed by atoms with Gasteiger partial charge in [0.05, 0.1) is 0 Å². The molecule has 0 spiro atoms. The Morgan fingerprint density at radius 3 is 2.26 bits per heavy atom. The molecular formula is C15H25NO2S.